The van der Waals surface area contributed by atoms with Gasteiger partial charge in [-0.05, 0) is 61.4 Å². The van der Waals surface area contributed by atoms with E-state index in [4.69, 9.17) is 0 Å². The van der Waals surface area contributed by atoms with Gasteiger partial charge < -0.3 is 5.32 Å². The molecule has 3 aromatic heterocycles. The number of nitrogens with one attached hydrogen (secondary N) is 2. The van der Waals surface area contributed by atoms with Crippen LogP contribution < -0.4 is 5.32 Å². The van der Waals surface area contributed by atoms with Crippen molar-refractivity contribution in [2.75, 3.05) is 0 Å². The molecule has 3 heterocycles. The van der Waals surface area contributed by atoms with Crippen LogP contribution in [0.15, 0.2) is 36.8 Å². The number of H-pyrrole nitrogens is 1. The van der Waals surface area contributed by atoms with Gasteiger partial charge in [-0.3, -0.25) is 9.89 Å². The van der Waals surface area contributed by atoms with Crippen LogP contribution in [0, 0.1) is 6.92 Å². The Labute approximate surface area is 172 Å². The number of aromatic amines is 1. The maximum atomic E-state index is 12.6. The lowest BCUT2D eigenvalue weighted by Gasteiger charge is -2.10. The number of benzene rings is 1. The molecule has 0 saturated heterocycles. The van der Waals surface area contributed by atoms with Crippen molar-refractivity contribution in [2.45, 2.75) is 39.2 Å². The van der Waals surface area contributed by atoms with E-state index in [9.17, 15) is 4.79 Å². The second-order valence-electron chi connectivity index (χ2n) is 7.44. The number of rotatable bonds is 4. The summed E-state index contributed by atoms with van der Waals surface area (Å²) in [4.78, 5) is 23.5. The van der Waals surface area contributed by atoms with Crippen molar-refractivity contribution in [3.05, 3.63) is 63.2 Å². The van der Waals surface area contributed by atoms with Gasteiger partial charge in [0.2, 0.25) is 0 Å². The summed E-state index contributed by atoms with van der Waals surface area (Å²) in [6.07, 6.45) is 7.97. The standard InChI is InChI=1S/C22H21N5OS/c1-13-8-15(20-17-11-26-27-21(17)25-12-24-20)6-7-16(13)10-23-22(28)19-9-14-4-2-3-5-18(14)29-19/h6-9,11-12H,2-5,10H2,1H3,(H,23,28)(H,24,25,26,27). The van der Waals surface area contributed by atoms with Gasteiger partial charge in [0.05, 0.1) is 22.2 Å². The predicted molar refractivity (Wildman–Crippen MR) is 114 cm³/mol. The number of amides is 1. The monoisotopic (exact) mass is 403 g/mol. The molecule has 1 aliphatic carbocycles. The summed E-state index contributed by atoms with van der Waals surface area (Å²) >= 11 is 1.65. The zero-order valence-electron chi connectivity index (χ0n) is 16.2. The summed E-state index contributed by atoms with van der Waals surface area (Å²) in [5.41, 5.74) is 6.17. The van der Waals surface area contributed by atoms with Crippen LogP contribution in [0.5, 0.6) is 0 Å². The third kappa shape index (κ3) is 3.42. The number of fused-ring (bicyclic) bond motifs is 2. The fourth-order valence-corrected chi connectivity index (χ4v) is 5.07. The van der Waals surface area contributed by atoms with E-state index in [-0.39, 0.29) is 5.91 Å². The van der Waals surface area contributed by atoms with Crippen LogP contribution >= 0.6 is 11.3 Å². The van der Waals surface area contributed by atoms with Crippen molar-refractivity contribution in [2.24, 2.45) is 0 Å². The van der Waals surface area contributed by atoms with E-state index in [1.165, 1.54) is 23.3 Å². The van der Waals surface area contributed by atoms with E-state index in [1.54, 1.807) is 23.9 Å². The molecule has 0 unspecified atom stereocenters. The van der Waals surface area contributed by atoms with Gasteiger partial charge in [0, 0.05) is 17.0 Å². The predicted octanol–water partition coefficient (Wildman–Crippen LogP) is 4.20. The smallest absolute Gasteiger partial charge is 0.261 e. The first kappa shape index (κ1) is 18.0. The van der Waals surface area contributed by atoms with E-state index in [0.29, 0.717) is 6.54 Å². The molecule has 2 N–H and O–H groups in total. The number of hydrogen-bond donors (Lipinski definition) is 2. The lowest BCUT2D eigenvalue weighted by atomic mass is 9.99. The molecule has 0 bridgehead atoms. The SMILES string of the molecule is Cc1cc(-c2ncnc3[nH]ncc23)ccc1CNC(=O)c1cc2c(s1)CCCC2. The van der Waals surface area contributed by atoms with Crippen molar-refractivity contribution < 1.29 is 4.79 Å². The zero-order valence-corrected chi connectivity index (χ0v) is 17.0. The Morgan fingerprint density at radius 2 is 2.10 bits per heavy atom. The molecule has 4 aromatic rings. The number of nitrogens with zero attached hydrogens (tertiary/aromatic N) is 3. The average molecular weight is 404 g/mol. The van der Waals surface area contributed by atoms with Gasteiger partial charge in [-0.15, -0.1) is 11.3 Å². The number of thiophene rings is 1. The highest BCUT2D eigenvalue weighted by Gasteiger charge is 2.17. The van der Waals surface area contributed by atoms with Crippen LogP contribution in [0.4, 0.5) is 0 Å². The molecule has 0 aliphatic heterocycles. The summed E-state index contributed by atoms with van der Waals surface area (Å²) in [6.45, 7) is 2.57. The zero-order chi connectivity index (χ0) is 19.8. The van der Waals surface area contributed by atoms with Crippen molar-refractivity contribution in [3.8, 4) is 11.3 Å². The van der Waals surface area contributed by atoms with Crippen LogP contribution in [0.25, 0.3) is 22.3 Å². The highest BCUT2D eigenvalue weighted by Crippen LogP contribution is 2.30. The Kier molecular flexibility index (Phi) is 4.60. The van der Waals surface area contributed by atoms with Gasteiger partial charge in [-0.2, -0.15) is 5.10 Å². The maximum Gasteiger partial charge on any atom is 0.261 e. The molecular formula is C22H21N5OS. The average Bonchev–Trinajstić information content (AvgIpc) is 3.39. The van der Waals surface area contributed by atoms with E-state index >= 15 is 0 Å². The number of carbonyl (C=O) groups is 1. The Balaban J connectivity index is 1.33. The first-order valence-electron chi connectivity index (χ1n) is 9.83. The second kappa shape index (κ2) is 7.40. The quantitative estimate of drug-likeness (QED) is 0.535. The van der Waals surface area contributed by atoms with Gasteiger partial charge >= 0.3 is 0 Å². The van der Waals surface area contributed by atoms with Crippen molar-refractivity contribution in [1.29, 1.82) is 0 Å². The van der Waals surface area contributed by atoms with Gasteiger partial charge in [-0.1, -0.05) is 12.1 Å². The Morgan fingerprint density at radius 1 is 1.21 bits per heavy atom. The third-order valence-corrected chi connectivity index (χ3v) is 6.76. The number of aryl methyl sites for hydroxylation is 3. The number of carbonyl (C=O) groups excluding carboxylic acids is 1. The summed E-state index contributed by atoms with van der Waals surface area (Å²) in [5, 5.41) is 10.9. The van der Waals surface area contributed by atoms with E-state index in [2.05, 4.69) is 50.6 Å². The Morgan fingerprint density at radius 3 is 2.97 bits per heavy atom. The first-order chi connectivity index (χ1) is 14.2. The summed E-state index contributed by atoms with van der Waals surface area (Å²) in [6, 6.07) is 8.27. The molecule has 6 nitrogen and oxygen atoms in total. The highest BCUT2D eigenvalue weighted by atomic mass is 32.1. The third-order valence-electron chi connectivity index (χ3n) is 5.52. The van der Waals surface area contributed by atoms with Crippen molar-refractivity contribution in [3.63, 3.8) is 0 Å². The minimum atomic E-state index is 0.0174. The maximum absolute atomic E-state index is 12.6. The molecule has 7 heteroatoms. The topological polar surface area (TPSA) is 83.6 Å². The largest absolute Gasteiger partial charge is 0.347 e. The molecule has 29 heavy (non-hydrogen) atoms. The van der Waals surface area contributed by atoms with Gasteiger partial charge in [0.1, 0.15) is 6.33 Å². The molecule has 0 saturated carbocycles. The van der Waals surface area contributed by atoms with Crippen LogP contribution in [-0.2, 0) is 19.4 Å². The lowest BCUT2D eigenvalue weighted by molar-refractivity contribution is 0.0955. The molecule has 5 rings (SSSR count). The van der Waals surface area contributed by atoms with Crippen molar-refractivity contribution >= 4 is 28.3 Å². The summed E-state index contributed by atoms with van der Waals surface area (Å²) < 4.78 is 0. The van der Waals surface area contributed by atoms with E-state index < -0.39 is 0 Å². The van der Waals surface area contributed by atoms with Gasteiger partial charge in [0.15, 0.2) is 5.65 Å². The molecule has 0 atom stereocenters. The Bertz CT molecular complexity index is 1190. The molecule has 1 aliphatic rings. The number of aromatic nitrogens is 4. The van der Waals surface area contributed by atoms with Crippen LogP contribution in [-0.4, -0.2) is 26.1 Å². The number of hydrogen-bond acceptors (Lipinski definition) is 5. The van der Waals surface area contributed by atoms with Crippen LogP contribution in [0.2, 0.25) is 0 Å². The molecule has 146 valence electrons. The Hall–Kier alpha value is -3.06. The molecule has 0 fully saturated rings. The molecule has 1 amide bonds. The summed E-state index contributed by atoms with van der Waals surface area (Å²) in [7, 11) is 0. The lowest BCUT2D eigenvalue weighted by Crippen LogP contribution is -2.22. The van der Waals surface area contributed by atoms with Crippen molar-refractivity contribution in [1.82, 2.24) is 25.5 Å². The second-order valence-corrected chi connectivity index (χ2v) is 8.58. The molecule has 0 spiro atoms. The first-order valence-corrected chi connectivity index (χ1v) is 10.6. The molecule has 0 radical (unpaired) electrons. The van der Waals surface area contributed by atoms with E-state index in [0.717, 1.165) is 51.1 Å². The van der Waals surface area contributed by atoms with Gasteiger partial charge in [-0.25, -0.2) is 9.97 Å². The van der Waals surface area contributed by atoms with Crippen LogP contribution in [0.3, 0.4) is 0 Å². The van der Waals surface area contributed by atoms with Gasteiger partial charge in [0.25, 0.3) is 5.91 Å². The normalized spacial score (nSPS) is 13.4. The summed E-state index contributed by atoms with van der Waals surface area (Å²) in [5.74, 6) is 0.0174. The molecule has 1 aromatic carbocycles. The van der Waals surface area contributed by atoms with Crippen LogP contribution in [0.1, 0.15) is 44.1 Å². The molecular weight excluding hydrogens is 382 g/mol. The minimum absolute atomic E-state index is 0.0174. The highest BCUT2D eigenvalue weighted by molar-refractivity contribution is 7.14. The van der Waals surface area contributed by atoms with E-state index in [1.807, 2.05) is 6.07 Å². The fraction of sp³-hybridized carbons (Fsp3) is 0.273. The fourth-order valence-electron chi connectivity index (χ4n) is 3.90. The minimum Gasteiger partial charge on any atom is -0.347 e.